The Morgan fingerprint density at radius 1 is 1.35 bits per heavy atom. The van der Waals surface area contributed by atoms with E-state index in [0.717, 1.165) is 23.7 Å². The van der Waals surface area contributed by atoms with E-state index in [1.165, 1.54) is 5.56 Å². The Morgan fingerprint density at radius 2 is 2.00 bits per heavy atom. The molecule has 4 heteroatoms. The van der Waals surface area contributed by atoms with Gasteiger partial charge in [0, 0.05) is 11.0 Å². The van der Waals surface area contributed by atoms with E-state index < -0.39 is 0 Å². The van der Waals surface area contributed by atoms with Crippen LogP contribution in [0.3, 0.4) is 0 Å². The van der Waals surface area contributed by atoms with Gasteiger partial charge in [-0.05, 0) is 44.0 Å². The van der Waals surface area contributed by atoms with Gasteiger partial charge in [0.1, 0.15) is 0 Å². The Bertz CT molecular complexity index is 398. The first-order chi connectivity index (χ1) is 8.16. The quantitative estimate of drug-likeness (QED) is 0.871. The molecular weight excluding hydrogens is 280 g/mol. The van der Waals surface area contributed by atoms with Gasteiger partial charge in [-0.15, -0.1) is 0 Å². The number of carbonyl (C=O) groups is 1. The molecule has 17 heavy (non-hydrogen) atoms. The second-order valence-corrected chi connectivity index (χ2v) is 5.38. The van der Waals surface area contributed by atoms with E-state index >= 15 is 0 Å². The molecule has 0 saturated heterocycles. The van der Waals surface area contributed by atoms with Gasteiger partial charge in [-0.25, -0.2) is 0 Å². The van der Waals surface area contributed by atoms with Crippen molar-refractivity contribution in [2.24, 2.45) is 0 Å². The molecule has 0 spiro atoms. The second kappa shape index (κ2) is 5.19. The van der Waals surface area contributed by atoms with Gasteiger partial charge in [0.15, 0.2) is 0 Å². The molecule has 92 valence electrons. The van der Waals surface area contributed by atoms with Gasteiger partial charge in [0.05, 0.1) is 5.54 Å². The zero-order valence-corrected chi connectivity index (χ0v) is 11.5. The minimum Gasteiger partial charge on any atom is -0.354 e. The molecule has 1 aliphatic rings. The monoisotopic (exact) mass is 296 g/mol. The highest BCUT2D eigenvalue weighted by molar-refractivity contribution is 9.10. The molecule has 0 heterocycles. The van der Waals surface area contributed by atoms with Gasteiger partial charge < -0.3 is 10.6 Å². The summed E-state index contributed by atoms with van der Waals surface area (Å²) in [6, 6.07) is 8.18. The maximum absolute atomic E-state index is 11.8. The molecule has 0 aliphatic heterocycles. The lowest BCUT2D eigenvalue weighted by molar-refractivity contribution is -0.123. The second-order valence-electron chi connectivity index (χ2n) is 4.46. The van der Waals surface area contributed by atoms with Gasteiger partial charge >= 0.3 is 0 Å². The van der Waals surface area contributed by atoms with E-state index in [9.17, 15) is 4.79 Å². The van der Waals surface area contributed by atoms with E-state index in [0.29, 0.717) is 6.54 Å². The fraction of sp³-hybridized carbons (Fsp3) is 0.462. The number of amides is 1. The Hall–Kier alpha value is -0.870. The van der Waals surface area contributed by atoms with Crippen molar-refractivity contribution < 1.29 is 4.79 Å². The first-order valence-electron chi connectivity index (χ1n) is 5.88. The number of hydrogen-bond acceptors (Lipinski definition) is 2. The number of carbonyl (C=O) groups excluding carboxylic acids is 1. The minimum atomic E-state index is -0.264. The molecule has 0 unspecified atom stereocenters. The third-order valence-electron chi connectivity index (χ3n) is 3.28. The average molecular weight is 297 g/mol. The molecular formula is C13H17BrN2O. The molecule has 0 atom stereocenters. The van der Waals surface area contributed by atoms with Crippen molar-refractivity contribution in [1.29, 1.82) is 0 Å². The first kappa shape index (κ1) is 12.6. The van der Waals surface area contributed by atoms with Crippen molar-refractivity contribution in [2.75, 3.05) is 13.6 Å². The molecule has 0 radical (unpaired) electrons. The Morgan fingerprint density at radius 3 is 2.53 bits per heavy atom. The Labute approximate surface area is 110 Å². The fourth-order valence-corrected chi connectivity index (χ4v) is 2.12. The van der Waals surface area contributed by atoms with Crippen LogP contribution in [0, 0.1) is 0 Å². The lowest BCUT2D eigenvalue weighted by atomic mass is 10.1. The molecule has 2 rings (SSSR count). The summed E-state index contributed by atoms with van der Waals surface area (Å²) in [5.41, 5.74) is 0.975. The van der Waals surface area contributed by atoms with Crippen molar-refractivity contribution in [3.63, 3.8) is 0 Å². The summed E-state index contributed by atoms with van der Waals surface area (Å²) in [6.07, 6.45) is 2.78. The summed E-state index contributed by atoms with van der Waals surface area (Å²) in [5, 5.41) is 6.08. The van der Waals surface area contributed by atoms with Crippen LogP contribution in [0.4, 0.5) is 0 Å². The van der Waals surface area contributed by atoms with Crippen LogP contribution in [0.25, 0.3) is 0 Å². The summed E-state index contributed by atoms with van der Waals surface area (Å²) in [5.74, 6) is 0.136. The highest BCUT2D eigenvalue weighted by Crippen LogP contribution is 2.34. The van der Waals surface area contributed by atoms with Crippen LogP contribution in [0.1, 0.15) is 18.4 Å². The standard InChI is InChI=1S/C13H17BrN2O/c1-15-13(7-8-13)12(17)16-9-6-10-2-4-11(14)5-3-10/h2-5,15H,6-9H2,1H3,(H,16,17). The van der Waals surface area contributed by atoms with Crippen LogP contribution < -0.4 is 10.6 Å². The maximum atomic E-state index is 11.8. The number of halogens is 1. The predicted octanol–water partition coefficient (Wildman–Crippen LogP) is 1.86. The topological polar surface area (TPSA) is 41.1 Å². The van der Waals surface area contributed by atoms with E-state index in [4.69, 9.17) is 0 Å². The van der Waals surface area contributed by atoms with Crippen molar-refractivity contribution in [1.82, 2.24) is 10.6 Å². The van der Waals surface area contributed by atoms with Gasteiger partial charge in [0.25, 0.3) is 0 Å². The van der Waals surface area contributed by atoms with Gasteiger partial charge in [-0.2, -0.15) is 0 Å². The van der Waals surface area contributed by atoms with Crippen LogP contribution in [-0.2, 0) is 11.2 Å². The molecule has 0 aromatic heterocycles. The predicted molar refractivity (Wildman–Crippen MR) is 71.9 cm³/mol. The summed E-state index contributed by atoms with van der Waals surface area (Å²) >= 11 is 3.40. The van der Waals surface area contributed by atoms with E-state index in [1.54, 1.807) is 0 Å². The van der Waals surface area contributed by atoms with Crippen molar-refractivity contribution >= 4 is 21.8 Å². The van der Waals surface area contributed by atoms with Gasteiger partial charge in [-0.1, -0.05) is 28.1 Å². The van der Waals surface area contributed by atoms with Crippen LogP contribution in [0.5, 0.6) is 0 Å². The molecule has 1 fully saturated rings. The highest BCUT2D eigenvalue weighted by atomic mass is 79.9. The first-order valence-corrected chi connectivity index (χ1v) is 6.67. The van der Waals surface area contributed by atoms with Crippen molar-refractivity contribution in [3.8, 4) is 0 Å². The Balaban J connectivity index is 1.76. The molecule has 1 amide bonds. The van der Waals surface area contributed by atoms with Crippen molar-refractivity contribution in [2.45, 2.75) is 24.8 Å². The van der Waals surface area contributed by atoms with Gasteiger partial charge in [0.2, 0.25) is 5.91 Å². The van der Waals surface area contributed by atoms with Crippen LogP contribution >= 0.6 is 15.9 Å². The van der Waals surface area contributed by atoms with Crippen LogP contribution in [0.2, 0.25) is 0 Å². The van der Waals surface area contributed by atoms with Crippen LogP contribution in [-0.4, -0.2) is 25.0 Å². The zero-order chi connectivity index (χ0) is 12.3. The van der Waals surface area contributed by atoms with Gasteiger partial charge in [-0.3, -0.25) is 4.79 Å². The lowest BCUT2D eigenvalue weighted by Crippen LogP contribution is -2.45. The number of likely N-dealkylation sites (N-methyl/N-ethyl adjacent to an activating group) is 1. The summed E-state index contributed by atoms with van der Waals surface area (Å²) < 4.78 is 1.08. The SMILES string of the molecule is CNC1(C(=O)NCCc2ccc(Br)cc2)CC1. The third-order valence-corrected chi connectivity index (χ3v) is 3.80. The molecule has 2 N–H and O–H groups in total. The molecule has 3 nitrogen and oxygen atoms in total. The van der Waals surface area contributed by atoms with Crippen molar-refractivity contribution in [3.05, 3.63) is 34.3 Å². The average Bonchev–Trinajstić information content (AvgIpc) is 3.12. The number of hydrogen-bond donors (Lipinski definition) is 2. The number of benzene rings is 1. The summed E-state index contributed by atoms with van der Waals surface area (Å²) in [6.45, 7) is 0.698. The smallest absolute Gasteiger partial charge is 0.240 e. The van der Waals surface area contributed by atoms with E-state index in [2.05, 4.69) is 38.7 Å². The fourth-order valence-electron chi connectivity index (χ4n) is 1.86. The third kappa shape index (κ3) is 3.07. The lowest BCUT2D eigenvalue weighted by Gasteiger charge is -2.13. The van der Waals surface area contributed by atoms with E-state index in [-0.39, 0.29) is 11.4 Å². The molecule has 1 aromatic rings. The largest absolute Gasteiger partial charge is 0.354 e. The number of nitrogens with one attached hydrogen (secondary N) is 2. The minimum absolute atomic E-state index is 0.136. The summed E-state index contributed by atoms with van der Waals surface area (Å²) in [7, 11) is 1.85. The molecule has 0 bridgehead atoms. The summed E-state index contributed by atoms with van der Waals surface area (Å²) in [4.78, 5) is 11.8. The van der Waals surface area contributed by atoms with E-state index in [1.807, 2.05) is 19.2 Å². The normalized spacial score (nSPS) is 16.6. The molecule has 1 aliphatic carbocycles. The zero-order valence-electron chi connectivity index (χ0n) is 9.92. The molecule has 1 saturated carbocycles. The maximum Gasteiger partial charge on any atom is 0.240 e. The highest BCUT2D eigenvalue weighted by Gasteiger charge is 2.48. The number of rotatable bonds is 5. The molecule has 1 aromatic carbocycles. The van der Waals surface area contributed by atoms with Crippen LogP contribution in [0.15, 0.2) is 28.7 Å². The Kier molecular flexibility index (Phi) is 3.84.